The summed E-state index contributed by atoms with van der Waals surface area (Å²) in [6.07, 6.45) is 0.838. The summed E-state index contributed by atoms with van der Waals surface area (Å²) in [4.78, 5) is 0. The molecule has 0 radical (unpaired) electrons. The molecule has 4 nitrogen and oxygen atoms in total. The lowest BCUT2D eigenvalue weighted by molar-refractivity contribution is 0.148. The molecule has 1 heterocycles. The van der Waals surface area contributed by atoms with Gasteiger partial charge >= 0.3 is 0 Å². The van der Waals surface area contributed by atoms with E-state index < -0.39 is 0 Å². The van der Waals surface area contributed by atoms with Crippen LogP contribution in [0.5, 0.6) is 17.2 Å². The Morgan fingerprint density at radius 1 is 1.24 bits per heavy atom. The highest BCUT2D eigenvalue weighted by Crippen LogP contribution is 2.29. The molecule has 4 heteroatoms. The average Bonchev–Trinajstić information content (AvgIpc) is 2.95. The number of benzene rings is 2. The number of ether oxygens (including phenoxy) is 3. The molecule has 0 amide bonds. The van der Waals surface area contributed by atoms with E-state index in [2.05, 4.69) is 12.1 Å². The zero-order valence-corrected chi connectivity index (χ0v) is 11.7. The Morgan fingerprint density at radius 3 is 2.81 bits per heavy atom. The van der Waals surface area contributed by atoms with Crippen molar-refractivity contribution in [1.29, 1.82) is 5.26 Å². The van der Waals surface area contributed by atoms with Gasteiger partial charge in [-0.1, -0.05) is 18.2 Å². The molecular weight excluding hydrogens is 266 g/mol. The van der Waals surface area contributed by atoms with E-state index in [-0.39, 0.29) is 6.10 Å². The van der Waals surface area contributed by atoms with Crippen LogP contribution in [0.25, 0.3) is 0 Å². The number of methoxy groups -OCH3 is 1. The number of hydrogen-bond donors (Lipinski definition) is 0. The smallest absolute Gasteiger partial charge is 0.137 e. The molecule has 1 unspecified atom stereocenters. The van der Waals surface area contributed by atoms with E-state index in [9.17, 15) is 0 Å². The number of para-hydroxylation sites is 1. The first-order valence-electron chi connectivity index (χ1n) is 6.75. The molecule has 0 fully saturated rings. The number of fused-ring (bicyclic) bond motifs is 1. The van der Waals surface area contributed by atoms with Gasteiger partial charge in [0.05, 0.1) is 18.7 Å². The van der Waals surface area contributed by atoms with Crippen LogP contribution in [0.3, 0.4) is 0 Å². The van der Waals surface area contributed by atoms with Crippen LogP contribution in [0.4, 0.5) is 0 Å². The molecule has 2 aromatic rings. The molecule has 0 N–H and O–H groups in total. The summed E-state index contributed by atoms with van der Waals surface area (Å²) in [5, 5.41) is 8.99. The van der Waals surface area contributed by atoms with Crippen LogP contribution in [-0.2, 0) is 6.42 Å². The lowest BCUT2D eigenvalue weighted by Gasteiger charge is -2.13. The molecule has 1 aliphatic heterocycles. The Kier molecular flexibility index (Phi) is 3.65. The molecule has 1 atom stereocenters. The molecule has 21 heavy (non-hydrogen) atoms. The van der Waals surface area contributed by atoms with Crippen molar-refractivity contribution in [3.8, 4) is 23.3 Å². The van der Waals surface area contributed by atoms with Crippen molar-refractivity contribution in [2.75, 3.05) is 13.7 Å². The van der Waals surface area contributed by atoms with E-state index in [1.165, 1.54) is 5.56 Å². The van der Waals surface area contributed by atoms with E-state index in [0.717, 1.165) is 12.2 Å². The van der Waals surface area contributed by atoms with Crippen molar-refractivity contribution in [1.82, 2.24) is 0 Å². The van der Waals surface area contributed by atoms with Crippen LogP contribution < -0.4 is 14.2 Å². The predicted octanol–water partition coefficient (Wildman–Crippen LogP) is 2.95. The van der Waals surface area contributed by atoms with Gasteiger partial charge in [-0.15, -0.1) is 0 Å². The summed E-state index contributed by atoms with van der Waals surface area (Å²) in [5.74, 6) is 2.15. The third-order valence-corrected chi connectivity index (χ3v) is 3.39. The Balaban J connectivity index is 1.65. The van der Waals surface area contributed by atoms with Gasteiger partial charge in [0, 0.05) is 12.5 Å². The second kappa shape index (κ2) is 5.76. The van der Waals surface area contributed by atoms with Gasteiger partial charge < -0.3 is 14.2 Å². The first-order valence-corrected chi connectivity index (χ1v) is 6.75. The minimum atomic E-state index is -0.000799. The first-order chi connectivity index (χ1) is 10.3. The molecule has 0 aromatic heterocycles. The van der Waals surface area contributed by atoms with Crippen LogP contribution in [0, 0.1) is 11.3 Å². The van der Waals surface area contributed by atoms with Crippen LogP contribution in [0.15, 0.2) is 42.5 Å². The zero-order chi connectivity index (χ0) is 14.7. The van der Waals surface area contributed by atoms with Gasteiger partial charge in [-0.05, 0) is 23.8 Å². The number of hydrogen-bond acceptors (Lipinski definition) is 4. The summed E-state index contributed by atoms with van der Waals surface area (Å²) >= 11 is 0. The Bertz CT molecular complexity index is 666. The average molecular weight is 281 g/mol. The maximum atomic E-state index is 8.99. The van der Waals surface area contributed by atoms with Crippen LogP contribution >= 0.6 is 0 Å². The van der Waals surface area contributed by atoms with Crippen LogP contribution in [-0.4, -0.2) is 19.8 Å². The lowest BCUT2D eigenvalue weighted by Crippen LogP contribution is -2.22. The quantitative estimate of drug-likeness (QED) is 0.864. The van der Waals surface area contributed by atoms with Gasteiger partial charge in [0.25, 0.3) is 0 Å². The largest absolute Gasteiger partial charge is 0.497 e. The molecule has 0 aliphatic carbocycles. The van der Waals surface area contributed by atoms with Gasteiger partial charge in [-0.3, -0.25) is 0 Å². The standard InChI is InChI=1S/C17H15NO3/c1-19-14-6-12(10-18)7-15(9-14)20-11-16-8-13-4-2-3-5-17(13)21-16/h2-7,9,16H,8,11H2,1H3. The summed E-state index contributed by atoms with van der Waals surface area (Å²) in [6.45, 7) is 0.437. The molecular formula is C17H15NO3. The van der Waals surface area contributed by atoms with Gasteiger partial charge in [0.1, 0.15) is 30.0 Å². The van der Waals surface area contributed by atoms with Gasteiger partial charge in [-0.25, -0.2) is 0 Å². The Morgan fingerprint density at radius 2 is 2.05 bits per heavy atom. The number of nitriles is 1. The molecule has 0 bridgehead atoms. The summed E-state index contributed by atoms with van der Waals surface area (Å²) < 4.78 is 16.7. The Labute approximate surface area is 123 Å². The van der Waals surface area contributed by atoms with Crippen molar-refractivity contribution < 1.29 is 14.2 Å². The Hall–Kier alpha value is -2.67. The fraction of sp³-hybridized carbons (Fsp3) is 0.235. The molecule has 0 saturated heterocycles. The highest BCUT2D eigenvalue weighted by Gasteiger charge is 2.22. The highest BCUT2D eigenvalue weighted by atomic mass is 16.5. The van der Waals surface area contributed by atoms with Gasteiger partial charge in [0.2, 0.25) is 0 Å². The van der Waals surface area contributed by atoms with Crippen molar-refractivity contribution in [2.24, 2.45) is 0 Å². The topological polar surface area (TPSA) is 51.5 Å². The van der Waals surface area contributed by atoms with E-state index in [4.69, 9.17) is 19.5 Å². The lowest BCUT2D eigenvalue weighted by atomic mass is 10.1. The fourth-order valence-electron chi connectivity index (χ4n) is 2.37. The third-order valence-electron chi connectivity index (χ3n) is 3.39. The third kappa shape index (κ3) is 2.92. The number of nitrogens with zero attached hydrogens (tertiary/aromatic N) is 1. The van der Waals surface area contributed by atoms with Gasteiger partial charge in [-0.2, -0.15) is 5.26 Å². The molecule has 0 spiro atoms. The summed E-state index contributed by atoms with van der Waals surface area (Å²) in [7, 11) is 1.57. The normalized spacial score (nSPS) is 15.7. The monoisotopic (exact) mass is 281 g/mol. The molecule has 2 aromatic carbocycles. The van der Waals surface area contributed by atoms with Crippen LogP contribution in [0.2, 0.25) is 0 Å². The molecule has 0 saturated carbocycles. The fourth-order valence-corrected chi connectivity index (χ4v) is 2.37. The zero-order valence-electron chi connectivity index (χ0n) is 11.7. The van der Waals surface area contributed by atoms with Crippen molar-refractivity contribution >= 4 is 0 Å². The van der Waals surface area contributed by atoms with Crippen molar-refractivity contribution in [3.05, 3.63) is 53.6 Å². The maximum Gasteiger partial charge on any atom is 0.137 e. The summed E-state index contributed by atoms with van der Waals surface area (Å²) in [6, 6.07) is 15.2. The van der Waals surface area contributed by atoms with Gasteiger partial charge in [0.15, 0.2) is 0 Å². The first kappa shape index (κ1) is 13.3. The second-order valence-corrected chi connectivity index (χ2v) is 4.87. The van der Waals surface area contributed by atoms with Crippen LogP contribution in [0.1, 0.15) is 11.1 Å². The van der Waals surface area contributed by atoms with E-state index >= 15 is 0 Å². The van der Waals surface area contributed by atoms with E-state index in [1.54, 1.807) is 25.3 Å². The molecule has 106 valence electrons. The van der Waals surface area contributed by atoms with Crippen molar-refractivity contribution in [2.45, 2.75) is 12.5 Å². The minimum Gasteiger partial charge on any atom is -0.497 e. The SMILES string of the molecule is COc1cc(C#N)cc(OCC2Cc3ccccc3O2)c1. The molecule has 3 rings (SSSR count). The highest BCUT2D eigenvalue weighted by molar-refractivity contribution is 5.44. The van der Waals surface area contributed by atoms with Crippen molar-refractivity contribution in [3.63, 3.8) is 0 Å². The molecule has 1 aliphatic rings. The van der Waals surface area contributed by atoms with E-state index in [0.29, 0.717) is 23.7 Å². The summed E-state index contributed by atoms with van der Waals surface area (Å²) in [5.41, 5.74) is 1.72. The second-order valence-electron chi connectivity index (χ2n) is 4.87. The maximum absolute atomic E-state index is 8.99. The minimum absolute atomic E-state index is 0.000799. The van der Waals surface area contributed by atoms with E-state index in [1.807, 2.05) is 18.2 Å². The number of rotatable bonds is 4. The predicted molar refractivity (Wildman–Crippen MR) is 77.8 cm³/mol.